The molecule has 0 radical (unpaired) electrons. The molecule has 0 aliphatic carbocycles. The van der Waals surface area contributed by atoms with Crippen LogP contribution in [0.2, 0.25) is 0 Å². The number of nitrogens with two attached hydrogens (primary N) is 1. The predicted octanol–water partition coefficient (Wildman–Crippen LogP) is 0.411. The van der Waals surface area contributed by atoms with Crippen molar-refractivity contribution < 1.29 is 80.5 Å². The van der Waals surface area contributed by atoms with E-state index in [1.54, 1.807) is 0 Å². The number of carbonyl (C=O) groups is 3. The van der Waals surface area contributed by atoms with Gasteiger partial charge in [-0.15, -0.1) is 0 Å². The van der Waals surface area contributed by atoms with Crippen molar-refractivity contribution in [3.05, 3.63) is 24.3 Å². The molecule has 0 bridgehead atoms. The summed E-state index contributed by atoms with van der Waals surface area (Å²) in [7, 11) is -16.4. The third-order valence-electron chi connectivity index (χ3n) is 7.67. The largest absolute Gasteiger partial charge is 0.481 e. The van der Waals surface area contributed by atoms with Crippen molar-refractivity contribution in [3.63, 3.8) is 0 Å². The maximum Gasteiger partial charge on any atom is 0.481 e. The molecule has 10 N–H and O–H groups in total. The van der Waals surface area contributed by atoms with Crippen molar-refractivity contribution in [1.82, 2.24) is 30.2 Å². The van der Waals surface area contributed by atoms with E-state index < -0.39 is 84.6 Å². The van der Waals surface area contributed by atoms with Crippen molar-refractivity contribution in [2.24, 2.45) is 5.41 Å². The Kier molecular flexibility index (Phi) is 17.3. The van der Waals surface area contributed by atoms with E-state index >= 15 is 0 Å². The van der Waals surface area contributed by atoms with E-state index in [9.17, 15) is 57.9 Å². The number of phosphoric acid groups is 3. The summed E-state index contributed by atoms with van der Waals surface area (Å²) in [6.45, 7) is 4.39. The van der Waals surface area contributed by atoms with Gasteiger partial charge in [-0.1, -0.05) is 37.3 Å². The van der Waals surface area contributed by atoms with Crippen LogP contribution in [0, 0.1) is 5.41 Å². The maximum atomic E-state index is 12.7. The fourth-order valence-corrected chi connectivity index (χ4v) is 8.37. The average molecular weight is 878 g/mol. The zero-order chi connectivity index (χ0) is 42.1. The summed E-state index contributed by atoms with van der Waals surface area (Å²) in [5.74, 6) is -1.08. The zero-order valence-electron chi connectivity index (χ0n) is 30.6. The van der Waals surface area contributed by atoms with Gasteiger partial charge in [0.2, 0.25) is 11.8 Å². The number of amides is 2. The first-order valence-electron chi connectivity index (χ1n) is 16.6. The number of allylic oxidation sites excluding steroid dienone is 2. The topological polar surface area (TPSA) is 364 Å². The van der Waals surface area contributed by atoms with Crippen LogP contribution in [0.3, 0.4) is 0 Å². The minimum absolute atomic E-state index is 0.00585. The molecule has 28 heteroatoms. The highest BCUT2D eigenvalue weighted by atomic mass is 32.2. The number of hydrogen-bond acceptors (Lipinski definition) is 18. The monoisotopic (exact) mass is 877 g/mol. The first kappa shape index (κ1) is 47.7. The molecule has 316 valence electrons. The van der Waals surface area contributed by atoms with Crippen LogP contribution in [0.5, 0.6) is 0 Å². The number of fused-ring (bicyclic) bond motifs is 1. The Labute approximate surface area is 324 Å². The van der Waals surface area contributed by atoms with Crippen LogP contribution < -0.4 is 16.4 Å². The molecule has 0 spiro atoms. The van der Waals surface area contributed by atoms with Crippen LogP contribution in [0.4, 0.5) is 5.82 Å². The van der Waals surface area contributed by atoms with Crippen LogP contribution in [-0.2, 0) is 50.7 Å². The molecule has 1 fully saturated rings. The molecule has 3 rings (SSSR count). The first-order valence-corrected chi connectivity index (χ1v) is 22.1. The minimum Gasteiger partial charge on any atom is -0.386 e. The molecule has 3 heterocycles. The molecule has 56 heavy (non-hydrogen) atoms. The van der Waals surface area contributed by atoms with Crippen molar-refractivity contribution in [2.45, 2.75) is 77.6 Å². The minimum atomic E-state index is -5.57. The molecule has 1 aliphatic rings. The highest BCUT2D eigenvalue weighted by Crippen LogP contribution is 2.61. The second kappa shape index (κ2) is 20.3. The summed E-state index contributed by atoms with van der Waals surface area (Å²) in [4.78, 5) is 87.4. The van der Waals surface area contributed by atoms with E-state index in [1.807, 2.05) is 19.9 Å². The smallest absolute Gasteiger partial charge is 0.386 e. The average Bonchev–Trinajstić information content (AvgIpc) is 3.64. The van der Waals surface area contributed by atoms with Gasteiger partial charge in [0, 0.05) is 37.1 Å². The summed E-state index contributed by atoms with van der Waals surface area (Å²) in [6, 6.07) is 0. The SMILES string of the molecule is CC(C)=CCCC(=O)SCCNC(=O)CCNC(=O)C(O)C(C)(C)COP(=O)(O)OP(=O)(O)OCC1OC(n2cnc3c(N)ncnc32)C(O)C1OP(=O)(O)O. The van der Waals surface area contributed by atoms with E-state index in [4.69, 9.17) is 19.5 Å². The highest BCUT2D eigenvalue weighted by Gasteiger charge is 2.50. The Morgan fingerprint density at radius 2 is 1.73 bits per heavy atom. The summed E-state index contributed by atoms with van der Waals surface area (Å²) in [5.41, 5.74) is 5.38. The molecule has 24 nitrogen and oxygen atoms in total. The lowest BCUT2D eigenvalue weighted by Crippen LogP contribution is -2.46. The van der Waals surface area contributed by atoms with Crippen molar-refractivity contribution in [1.29, 1.82) is 0 Å². The van der Waals surface area contributed by atoms with Gasteiger partial charge in [0.15, 0.2) is 22.8 Å². The summed E-state index contributed by atoms with van der Waals surface area (Å²) in [5, 5.41) is 26.4. The quantitative estimate of drug-likeness (QED) is 0.0439. The van der Waals surface area contributed by atoms with Gasteiger partial charge in [-0.05, 0) is 20.3 Å². The molecule has 0 aromatic carbocycles. The predicted molar refractivity (Wildman–Crippen MR) is 196 cm³/mol. The standard InChI is InChI=1S/C28H46N7O17P3S/c1-16(2)6-5-7-19(37)56-11-10-30-18(36)8-9-31-26(40)23(39)28(3,4)13-49-55(46,47)52-54(44,45)48-12-17-22(51-53(41,42)43)21(38)27(50-17)35-15-34-20-24(29)32-14-33-25(20)35/h6,14-15,17,21-23,27,38-39H,5,7-13H2,1-4H3,(H,30,36)(H,31,40)(H,44,45)(H,46,47)(H2,29,32,33)(H2,41,42,43). The number of nitrogen functional groups attached to an aromatic ring is 1. The zero-order valence-corrected chi connectivity index (χ0v) is 34.1. The number of aliphatic hydroxyl groups is 2. The Morgan fingerprint density at radius 3 is 2.39 bits per heavy atom. The van der Waals surface area contributed by atoms with Gasteiger partial charge in [0.05, 0.1) is 19.5 Å². The van der Waals surface area contributed by atoms with E-state index in [0.717, 1.165) is 34.6 Å². The van der Waals surface area contributed by atoms with Crippen LogP contribution in [-0.4, -0.2) is 123 Å². The second-order valence-corrected chi connectivity index (χ2v) is 18.5. The fraction of sp³-hybridized carbons (Fsp3) is 0.643. The lowest BCUT2D eigenvalue weighted by molar-refractivity contribution is -0.137. The van der Waals surface area contributed by atoms with Crippen molar-refractivity contribution in [3.8, 4) is 0 Å². The number of ether oxygens (including phenoxy) is 1. The molecular weight excluding hydrogens is 831 g/mol. The molecule has 7 unspecified atom stereocenters. The molecule has 7 atom stereocenters. The Balaban J connectivity index is 1.48. The normalized spacial score (nSPS) is 21.5. The van der Waals surface area contributed by atoms with Crippen LogP contribution in [0.25, 0.3) is 11.2 Å². The van der Waals surface area contributed by atoms with Crippen LogP contribution in [0.15, 0.2) is 24.3 Å². The number of imidazole rings is 1. The lowest BCUT2D eigenvalue weighted by Gasteiger charge is -2.30. The van der Waals surface area contributed by atoms with Crippen LogP contribution >= 0.6 is 35.2 Å². The number of aromatic nitrogens is 4. The van der Waals surface area contributed by atoms with Gasteiger partial charge in [-0.3, -0.25) is 32.5 Å². The van der Waals surface area contributed by atoms with Gasteiger partial charge >= 0.3 is 23.5 Å². The number of nitrogens with zero attached hydrogens (tertiary/aromatic N) is 4. The number of rotatable bonds is 22. The molecule has 1 saturated heterocycles. The van der Waals surface area contributed by atoms with E-state index in [1.165, 1.54) is 13.8 Å². The van der Waals surface area contributed by atoms with E-state index in [2.05, 4.69) is 34.4 Å². The summed E-state index contributed by atoms with van der Waals surface area (Å²) in [6.07, 6.45) is -3.93. The van der Waals surface area contributed by atoms with E-state index in [-0.39, 0.29) is 41.6 Å². The molecule has 2 aromatic heterocycles. The Hall–Kier alpha value is -2.70. The highest BCUT2D eigenvalue weighted by molar-refractivity contribution is 8.13. The number of hydrogen-bond donors (Lipinski definition) is 9. The van der Waals surface area contributed by atoms with Gasteiger partial charge in [0.1, 0.15) is 36.3 Å². The Morgan fingerprint density at radius 1 is 1.05 bits per heavy atom. The summed E-state index contributed by atoms with van der Waals surface area (Å²) >= 11 is 1.09. The number of anilines is 1. The summed E-state index contributed by atoms with van der Waals surface area (Å²) < 4.78 is 62.1. The van der Waals surface area contributed by atoms with Crippen molar-refractivity contribution >= 4 is 69.1 Å². The molecule has 1 aliphatic heterocycles. The molecular formula is C28H46N7O17P3S. The maximum absolute atomic E-state index is 12.7. The molecule has 2 aromatic rings. The van der Waals surface area contributed by atoms with Gasteiger partial charge in [0.25, 0.3) is 0 Å². The van der Waals surface area contributed by atoms with Crippen LogP contribution in [0.1, 0.15) is 53.2 Å². The third kappa shape index (κ3) is 14.9. The van der Waals surface area contributed by atoms with Gasteiger partial charge < -0.3 is 50.9 Å². The fourth-order valence-electron chi connectivity index (χ4n) is 4.85. The lowest BCUT2D eigenvalue weighted by atomic mass is 9.87. The van der Waals surface area contributed by atoms with Crippen molar-refractivity contribution in [2.75, 3.05) is 37.8 Å². The number of thioether (sulfide) groups is 1. The number of phosphoric ester groups is 3. The molecule has 0 saturated carbocycles. The van der Waals surface area contributed by atoms with Gasteiger partial charge in [-0.2, -0.15) is 4.31 Å². The van der Waals surface area contributed by atoms with E-state index in [0.29, 0.717) is 18.6 Å². The molecule has 2 amide bonds. The second-order valence-electron chi connectivity index (χ2n) is 13.1. The van der Waals surface area contributed by atoms with Gasteiger partial charge in [-0.25, -0.2) is 28.6 Å². The number of nitrogens with one attached hydrogen (secondary N) is 2. The number of carbonyl (C=O) groups excluding carboxylic acids is 3. The first-order chi connectivity index (χ1) is 25.9. The number of aliphatic hydroxyl groups excluding tert-OH is 2. The third-order valence-corrected chi connectivity index (χ3v) is 11.7. The Bertz CT molecular complexity index is 1870.